The first-order valence-corrected chi connectivity index (χ1v) is 7.75. The lowest BCUT2D eigenvalue weighted by atomic mass is 10.3. The summed E-state index contributed by atoms with van der Waals surface area (Å²) in [6.45, 7) is 6.29. The highest BCUT2D eigenvalue weighted by Gasteiger charge is 2.32. The van der Waals surface area contributed by atoms with E-state index in [1.54, 1.807) is 0 Å². The van der Waals surface area contributed by atoms with E-state index in [2.05, 4.69) is 11.1 Å². The van der Waals surface area contributed by atoms with Crippen LogP contribution in [-0.4, -0.2) is 51.9 Å². The molecule has 4 nitrogen and oxygen atoms in total. The first-order valence-electron chi connectivity index (χ1n) is 6.17. The van der Waals surface area contributed by atoms with Gasteiger partial charge in [-0.3, -0.25) is 4.18 Å². The van der Waals surface area contributed by atoms with Gasteiger partial charge in [-0.15, -0.1) is 0 Å². The third-order valence-electron chi connectivity index (χ3n) is 3.57. The second-order valence-corrected chi connectivity index (χ2v) is 6.58. The van der Waals surface area contributed by atoms with Crippen LogP contribution in [0.1, 0.15) is 32.6 Å². The lowest BCUT2D eigenvalue weighted by molar-refractivity contribution is -0.914. The molecule has 1 rings (SSSR count). The van der Waals surface area contributed by atoms with Crippen molar-refractivity contribution in [1.29, 1.82) is 0 Å². The van der Waals surface area contributed by atoms with Gasteiger partial charge in [0.15, 0.2) is 0 Å². The number of quaternary nitrogens is 1. The minimum Gasteiger partial charge on any atom is -0.323 e. The Morgan fingerprint density at radius 2 is 1.81 bits per heavy atom. The summed E-state index contributed by atoms with van der Waals surface area (Å²) in [6.07, 6.45) is 4.83. The number of rotatable bonds is 7. The number of hydrogen-bond donors (Lipinski definition) is 0. The molecule has 0 aromatic heterocycles. The van der Waals surface area contributed by atoms with Gasteiger partial charge in [0, 0.05) is 12.8 Å². The second kappa shape index (κ2) is 5.98. The maximum atomic E-state index is 11.3. The molecule has 0 unspecified atom stereocenters. The van der Waals surface area contributed by atoms with Gasteiger partial charge in [-0.2, -0.15) is 8.42 Å². The van der Waals surface area contributed by atoms with Gasteiger partial charge in [-0.25, -0.2) is 0 Å². The highest BCUT2D eigenvalue weighted by atomic mass is 32.2. The Morgan fingerprint density at radius 3 is 2.31 bits per heavy atom. The van der Waals surface area contributed by atoms with E-state index in [9.17, 15) is 8.42 Å². The van der Waals surface area contributed by atoms with Crippen molar-refractivity contribution in [3.63, 3.8) is 0 Å². The van der Waals surface area contributed by atoms with Crippen molar-refractivity contribution in [2.24, 2.45) is 0 Å². The van der Waals surface area contributed by atoms with Crippen LogP contribution in [0, 0.1) is 0 Å². The molecule has 0 radical (unpaired) electrons. The third-order valence-corrected chi connectivity index (χ3v) is 4.76. The van der Waals surface area contributed by atoms with Crippen LogP contribution in [0.25, 0.3) is 0 Å². The predicted molar refractivity (Wildman–Crippen MR) is 64.7 cm³/mol. The summed E-state index contributed by atoms with van der Waals surface area (Å²) in [5.41, 5.74) is 0. The molecule has 0 aromatic rings. The number of nitrogens with zero attached hydrogens (tertiary/aromatic N) is 1. The topological polar surface area (TPSA) is 43.4 Å². The van der Waals surface area contributed by atoms with Crippen molar-refractivity contribution < 1.29 is 17.1 Å². The molecule has 1 aliphatic heterocycles. The van der Waals surface area contributed by atoms with E-state index in [-0.39, 0.29) is 5.75 Å². The predicted octanol–water partition coefficient (Wildman–Crippen LogP) is 1.37. The first kappa shape index (κ1) is 13.9. The molecule has 1 aliphatic rings. The molecule has 5 heteroatoms. The Labute approximate surface area is 99.3 Å². The van der Waals surface area contributed by atoms with Crippen molar-refractivity contribution in [2.75, 3.05) is 39.0 Å². The van der Waals surface area contributed by atoms with Crippen molar-refractivity contribution in [1.82, 2.24) is 0 Å². The molecule has 1 fully saturated rings. The molecule has 0 aliphatic carbocycles. The average molecular weight is 250 g/mol. The number of likely N-dealkylation sites (tertiary alicyclic amines) is 1. The quantitative estimate of drug-likeness (QED) is 0.506. The highest BCUT2D eigenvalue weighted by molar-refractivity contribution is 7.86. The smallest absolute Gasteiger partial charge is 0.272 e. The summed E-state index contributed by atoms with van der Waals surface area (Å²) in [7, 11) is -2.04. The Balaban J connectivity index is 2.51. The van der Waals surface area contributed by atoms with Crippen LogP contribution in [0.15, 0.2) is 0 Å². The van der Waals surface area contributed by atoms with Gasteiger partial charge < -0.3 is 4.48 Å². The van der Waals surface area contributed by atoms with Crippen LogP contribution in [0.4, 0.5) is 0 Å². The fourth-order valence-electron chi connectivity index (χ4n) is 2.45. The van der Waals surface area contributed by atoms with E-state index in [4.69, 9.17) is 0 Å². The standard InChI is InChI=1S/C11H24NO3S/c1-3-4-7-12(8-5-6-9-12)10-11-16(13,14)15-2/h3-11H2,1-2H3/q+1. The van der Waals surface area contributed by atoms with Gasteiger partial charge in [0.1, 0.15) is 5.75 Å². The van der Waals surface area contributed by atoms with E-state index in [0.29, 0.717) is 0 Å². The minimum atomic E-state index is -3.29. The zero-order valence-electron chi connectivity index (χ0n) is 10.4. The van der Waals surface area contributed by atoms with E-state index in [1.165, 1.54) is 32.8 Å². The molecule has 16 heavy (non-hydrogen) atoms. The molecule has 0 aromatic carbocycles. The maximum Gasteiger partial charge on any atom is 0.272 e. The van der Waals surface area contributed by atoms with Gasteiger partial charge >= 0.3 is 0 Å². The van der Waals surface area contributed by atoms with Gasteiger partial charge in [-0.05, 0) is 6.42 Å². The van der Waals surface area contributed by atoms with E-state index in [1.807, 2.05) is 0 Å². The van der Waals surface area contributed by atoms with Crippen LogP contribution in [0.3, 0.4) is 0 Å². The lowest BCUT2D eigenvalue weighted by Gasteiger charge is -2.34. The summed E-state index contributed by atoms with van der Waals surface area (Å²) in [5, 5.41) is 0. The fraction of sp³-hybridized carbons (Fsp3) is 1.00. The summed E-state index contributed by atoms with van der Waals surface area (Å²) < 4.78 is 28.2. The maximum absolute atomic E-state index is 11.3. The average Bonchev–Trinajstić information content (AvgIpc) is 2.74. The first-order chi connectivity index (χ1) is 7.54. The molecule has 1 heterocycles. The van der Waals surface area contributed by atoms with Crippen molar-refractivity contribution >= 4 is 10.1 Å². The monoisotopic (exact) mass is 250 g/mol. The summed E-state index contributed by atoms with van der Waals surface area (Å²) in [6, 6.07) is 0. The highest BCUT2D eigenvalue weighted by Crippen LogP contribution is 2.20. The largest absolute Gasteiger partial charge is 0.323 e. The Hall–Kier alpha value is -0.130. The van der Waals surface area contributed by atoms with Crippen LogP contribution >= 0.6 is 0 Å². The van der Waals surface area contributed by atoms with Crippen molar-refractivity contribution in [3.8, 4) is 0 Å². The number of unbranched alkanes of at least 4 members (excludes halogenated alkanes) is 1. The fourth-order valence-corrected chi connectivity index (χ4v) is 3.23. The SMILES string of the molecule is CCCC[N+]1(CCS(=O)(=O)OC)CCCC1. The number of hydrogen-bond acceptors (Lipinski definition) is 3. The van der Waals surface area contributed by atoms with E-state index >= 15 is 0 Å². The molecule has 0 saturated carbocycles. The summed E-state index contributed by atoms with van der Waals surface area (Å²) in [5.74, 6) is 0.160. The molecule has 0 bridgehead atoms. The summed E-state index contributed by atoms with van der Waals surface area (Å²) in [4.78, 5) is 0. The van der Waals surface area contributed by atoms with Gasteiger partial charge in [0.05, 0.1) is 33.3 Å². The van der Waals surface area contributed by atoms with Crippen LogP contribution in [0.2, 0.25) is 0 Å². The van der Waals surface area contributed by atoms with Gasteiger partial charge in [-0.1, -0.05) is 13.3 Å². The molecule has 1 saturated heterocycles. The van der Waals surface area contributed by atoms with Gasteiger partial charge in [0.25, 0.3) is 10.1 Å². The third kappa shape index (κ3) is 4.03. The molecular weight excluding hydrogens is 226 g/mol. The van der Waals surface area contributed by atoms with Crippen LogP contribution < -0.4 is 0 Å². The summed E-state index contributed by atoms with van der Waals surface area (Å²) >= 11 is 0. The Bertz CT molecular complexity index is 294. The molecule has 96 valence electrons. The van der Waals surface area contributed by atoms with Crippen LogP contribution in [0.5, 0.6) is 0 Å². The Kier molecular flexibility index (Phi) is 5.21. The molecular formula is C11H24NO3S+. The molecule has 0 atom stereocenters. The Morgan fingerprint density at radius 1 is 1.19 bits per heavy atom. The molecule has 0 spiro atoms. The second-order valence-electron chi connectivity index (χ2n) is 4.73. The van der Waals surface area contributed by atoms with E-state index < -0.39 is 10.1 Å². The van der Waals surface area contributed by atoms with Crippen molar-refractivity contribution in [2.45, 2.75) is 32.6 Å². The lowest BCUT2D eigenvalue weighted by Crippen LogP contribution is -2.48. The van der Waals surface area contributed by atoms with Crippen molar-refractivity contribution in [3.05, 3.63) is 0 Å². The van der Waals surface area contributed by atoms with Crippen LogP contribution in [-0.2, 0) is 14.3 Å². The molecule has 0 N–H and O–H groups in total. The zero-order valence-corrected chi connectivity index (χ0v) is 11.3. The van der Waals surface area contributed by atoms with E-state index in [0.717, 1.165) is 30.7 Å². The zero-order chi connectivity index (χ0) is 12.1. The minimum absolute atomic E-state index is 0.160. The van der Waals surface area contributed by atoms with Gasteiger partial charge in [0.2, 0.25) is 0 Å². The normalized spacial score (nSPS) is 20.1. The molecule has 0 amide bonds.